The molecule has 2 saturated carbocycles. The molecule has 0 saturated heterocycles. The van der Waals surface area contributed by atoms with Crippen molar-refractivity contribution in [3.63, 3.8) is 0 Å². The maximum absolute atomic E-state index is 6.13. The van der Waals surface area contributed by atoms with E-state index in [1.165, 1.54) is 57.8 Å². The van der Waals surface area contributed by atoms with Crippen LogP contribution in [-0.2, 0) is 8.85 Å². The lowest BCUT2D eigenvalue weighted by atomic mass is 9.90. The Morgan fingerprint density at radius 3 is 1.88 bits per heavy atom. The number of rotatable bonds is 4. The summed E-state index contributed by atoms with van der Waals surface area (Å²) in [6, 6.07) is 0. The van der Waals surface area contributed by atoms with Crippen molar-refractivity contribution in [1.82, 2.24) is 0 Å². The second-order valence-electron chi connectivity index (χ2n) is 6.18. The standard InChI is InChI=1S/C14H28O2Si/c1-14(11-7-4-8-12-14)17(15-2,16-3)13-9-5-6-10-13/h13H,4-12H2,1-3H3. The number of hydrogen-bond acceptors (Lipinski definition) is 2. The fourth-order valence-corrected chi connectivity index (χ4v) is 9.41. The van der Waals surface area contributed by atoms with Gasteiger partial charge in [0, 0.05) is 24.8 Å². The summed E-state index contributed by atoms with van der Waals surface area (Å²) in [7, 11) is 1.79. The maximum atomic E-state index is 6.13. The summed E-state index contributed by atoms with van der Waals surface area (Å²) in [6.07, 6.45) is 12.2. The molecule has 2 rings (SSSR count). The van der Waals surface area contributed by atoms with Crippen LogP contribution in [0.5, 0.6) is 0 Å². The van der Waals surface area contributed by atoms with Crippen LogP contribution in [0.25, 0.3) is 0 Å². The summed E-state index contributed by atoms with van der Waals surface area (Å²) in [5.41, 5.74) is 0.737. The highest BCUT2D eigenvalue weighted by molar-refractivity contribution is 6.72. The van der Waals surface area contributed by atoms with Crippen molar-refractivity contribution >= 4 is 8.56 Å². The van der Waals surface area contributed by atoms with Crippen LogP contribution in [0, 0.1) is 0 Å². The molecule has 0 amide bonds. The van der Waals surface area contributed by atoms with Crippen molar-refractivity contribution in [2.45, 2.75) is 75.3 Å². The molecule has 100 valence electrons. The molecular weight excluding hydrogens is 228 g/mol. The van der Waals surface area contributed by atoms with Gasteiger partial charge >= 0.3 is 8.56 Å². The molecule has 0 aromatic heterocycles. The van der Waals surface area contributed by atoms with E-state index in [4.69, 9.17) is 8.85 Å². The zero-order valence-electron chi connectivity index (χ0n) is 11.8. The van der Waals surface area contributed by atoms with Crippen LogP contribution >= 0.6 is 0 Å². The Morgan fingerprint density at radius 1 is 0.882 bits per heavy atom. The van der Waals surface area contributed by atoms with E-state index in [9.17, 15) is 0 Å². The van der Waals surface area contributed by atoms with Gasteiger partial charge in [0.1, 0.15) is 0 Å². The first-order chi connectivity index (χ1) is 8.18. The van der Waals surface area contributed by atoms with Gasteiger partial charge < -0.3 is 8.85 Å². The van der Waals surface area contributed by atoms with Crippen LogP contribution < -0.4 is 0 Å². The Morgan fingerprint density at radius 2 is 1.41 bits per heavy atom. The lowest BCUT2D eigenvalue weighted by molar-refractivity contribution is 0.172. The number of hydrogen-bond donors (Lipinski definition) is 0. The van der Waals surface area contributed by atoms with Crippen LogP contribution in [0.4, 0.5) is 0 Å². The van der Waals surface area contributed by atoms with Gasteiger partial charge in [-0.3, -0.25) is 0 Å². The lowest BCUT2D eigenvalue weighted by Crippen LogP contribution is -2.55. The minimum atomic E-state index is -2.03. The predicted molar refractivity (Wildman–Crippen MR) is 73.4 cm³/mol. The molecule has 0 bridgehead atoms. The van der Waals surface area contributed by atoms with Gasteiger partial charge in [-0.25, -0.2) is 0 Å². The van der Waals surface area contributed by atoms with Gasteiger partial charge in [0.2, 0.25) is 0 Å². The van der Waals surface area contributed by atoms with Crippen LogP contribution in [0.15, 0.2) is 0 Å². The Hall–Kier alpha value is 0.137. The fourth-order valence-electron chi connectivity index (χ4n) is 4.39. The summed E-state index contributed by atoms with van der Waals surface area (Å²) < 4.78 is 12.3. The predicted octanol–water partition coefficient (Wildman–Crippen LogP) is 4.39. The van der Waals surface area contributed by atoms with E-state index in [2.05, 4.69) is 6.92 Å². The average Bonchev–Trinajstić information content (AvgIpc) is 2.86. The van der Waals surface area contributed by atoms with E-state index in [0.717, 1.165) is 5.54 Å². The molecule has 0 unspecified atom stereocenters. The van der Waals surface area contributed by atoms with E-state index < -0.39 is 8.56 Å². The van der Waals surface area contributed by atoms with Gasteiger partial charge in [0.25, 0.3) is 0 Å². The lowest BCUT2D eigenvalue weighted by Gasteiger charge is -2.49. The van der Waals surface area contributed by atoms with Crippen molar-refractivity contribution in [1.29, 1.82) is 0 Å². The van der Waals surface area contributed by atoms with Crippen molar-refractivity contribution in [2.75, 3.05) is 14.2 Å². The SMILES string of the molecule is CO[Si](OC)(C1CCCC1)C1(C)CCCCC1. The van der Waals surface area contributed by atoms with Gasteiger partial charge in [-0.2, -0.15) is 0 Å². The molecular formula is C14H28O2Si. The largest absolute Gasteiger partial charge is 0.397 e. The highest BCUT2D eigenvalue weighted by atomic mass is 28.4. The zero-order valence-corrected chi connectivity index (χ0v) is 12.8. The minimum Gasteiger partial charge on any atom is -0.397 e. The molecule has 0 radical (unpaired) electrons. The van der Waals surface area contributed by atoms with Gasteiger partial charge in [-0.05, 0) is 25.7 Å². The molecule has 2 aliphatic carbocycles. The molecule has 2 fully saturated rings. The van der Waals surface area contributed by atoms with Crippen molar-refractivity contribution < 1.29 is 8.85 Å². The molecule has 0 aromatic carbocycles. The summed E-state index contributed by atoms with van der Waals surface area (Å²) in [6.45, 7) is 2.45. The normalized spacial score (nSPS) is 26.3. The summed E-state index contributed by atoms with van der Waals surface area (Å²) >= 11 is 0. The van der Waals surface area contributed by atoms with Crippen molar-refractivity contribution in [3.8, 4) is 0 Å². The Balaban J connectivity index is 2.24. The highest BCUT2D eigenvalue weighted by Crippen LogP contribution is 2.57. The molecule has 0 spiro atoms. The minimum absolute atomic E-state index is 0.351. The van der Waals surface area contributed by atoms with E-state index in [-0.39, 0.29) is 0 Å². The van der Waals surface area contributed by atoms with Gasteiger partial charge in [-0.1, -0.05) is 39.0 Å². The third-order valence-corrected chi connectivity index (χ3v) is 10.3. The van der Waals surface area contributed by atoms with Gasteiger partial charge in [0.15, 0.2) is 0 Å². The van der Waals surface area contributed by atoms with Crippen molar-refractivity contribution in [3.05, 3.63) is 0 Å². The third kappa shape index (κ3) is 2.22. The van der Waals surface area contributed by atoms with E-state index in [1.807, 2.05) is 14.2 Å². The third-order valence-electron chi connectivity index (χ3n) is 5.30. The average molecular weight is 256 g/mol. The van der Waals surface area contributed by atoms with Crippen LogP contribution in [0.1, 0.15) is 64.7 Å². The smallest absolute Gasteiger partial charge is 0.346 e. The highest BCUT2D eigenvalue weighted by Gasteiger charge is 2.58. The second-order valence-corrected chi connectivity index (χ2v) is 10.4. The molecule has 0 heterocycles. The fraction of sp³-hybridized carbons (Fsp3) is 1.00. The molecule has 0 aromatic rings. The Labute approximate surface area is 107 Å². The Bertz CT molecular complexity index is 239. The summed E-state index contributed by atoms with van der Waals surface area (Å²) in [4.78, 5) is 0. The van der Waals surface area contributed by atoms with Crippen LogP contribution in [0.2, 0.25) is 10.6 Å². The monoisotopic (exact) mass is 256 g/mol. The quantitative estimate of drug-likeness (QED) is 0.695. The van der Waals surface area contributed by atoms with E-state index in [0.29, 0.717) is 5.04 Å². The van der Waals surface area contributed by atoms with Gasteiger partial charge in [0.05, 0.1) is 0 Å². The summed E-state index contributed by atoms with van der Waals surface area (Å²) in [5.74, 6) is 0. The molecule has 0 aliphatic heterocycles. The molecule has 2 aliphatic rings. The van der Waals surface area contributed by atoms with Gasteiger partial charge in [-0.15, -0.1) is 0 Å². The molecule has 0 N–H and O–H groups in total. The molecule has 2 nitrogen and oxygen atoms in total. The topological polar surface area (TPSA) is 18.5 Å². The molecule has 17 heavy (non-hydrogen) atoms. The zero-order chi connectivity index (χ0) is 12.4. The van der Waals surface area contributed by atoms with Crippen LogP contribution in [0.3, 0.4) is 0 Å². The molecule has 0 atom stereocenters. The van der Waals surface area contributed by atoms with Crippen LogP contribution in [-0.4, -0.2) is 22.8 Å². The maximum Gasteiger partial charge on any atom is 0.346 e. The van der Waals surface area contributed by atoms with Crippen molar-refractivity contribution in [2.24, 2.45) is 0 Å². The van der Waals surface area contributed by atoms with E-state index in [1.54, 1.807) is 0 Å². The first kappa shape index (κ1) is 13.6. The molecule has 3 heteroatoms. The Kier molecular flexibility index (Phi) is 4.32. The van der Waals surface area contributed by atoms with E-state index >= 15 is 0 Å². The first-order valence-electron chi connectivity index (χ1n) is 7.29. The second kappa shape index (κ2) is 5.41. The summed E-state index contributed by atoms with van der Waals surface area (Å²) in [5, 5.41) is 0.351. The first-order valence-corrected chi connectivity index (χ1v) is 9.18.